The molecule has 0 saturated heterocycles. The van der Waals surface area contributed by atoms with Crippen molar-refractivity contribution in [1.82, 2.24) is 0 Å². The van der Waals surface area contributed by atoms with E-state index in [0.29, 0.717) is 0 Å². The molecule has 1 saturated carbocycles. The third-order valence-electron chi connectivity index (χ3n) is 2.04. The number of carbonyl (C=O) groups is 1. The van der Waals surface area contributed by atoms with E-state index in [9.17, 15) is 9.90 Å². The fourth-order valence-corrected chi connectivity index (χ4v) is 1.17. The molecule has 64 valence electrons. The maximum Gasteiger partial charge on any atom is 0.252 e. The molecule has 1 unspecified atom stereocenters. The second-order valence-electron chi connectivity index (χ2n) is 3.00. The van der Waals surface area contributed by atoms with Crippen molar-refractivity contribution in [2.75, 3.05) is 13.7 Å². The Kier molecular flexibility index (Phi) is 2.15. The highest BCUT2D eigenvalue weighted by Gasteiger charge is 2.48. The van der Waals surface area contributed by atoms with Crippen LogP contribution in [0.5, 0.6) is 0 Å². The molecule has 4 heteroatoms. The van der Waals surface area contributed by atoms with Crippen molar-refractivity contribution in [2.24, 2.45) is 11.7 Å². The minimum Gasteiger partial charge on any atom is -0.381 e. The minimum absolute atomic E-state index is 0.00694. The number of amides is 1. The number of hydrogen-bond acceptors (Lipinski definition) is 3. The summed E-state index contributed by atoms with van der Waals surface area (Å²) in [5.41, 5.74) is 3.61. The molecule has 0 radical (unpaired) electrons. The summed E-state index contributed by atoms with van der Waals surface area (Å²) in [4.78, 5) is 10.8. The van der Waals surface area contributed by atoms with Crippen LogP contribution >= 0.6 is 0 Å². The van der Waals surface area contributed by atoms with Gasteiger partial charge < -0.3 is 15.6 Å². The molecule has 0 aromatic heterocycles. The van der Waals surface area contributed by atoms with Crippen molar-refractivity contribution >= 4 is 5.91 Å². The number of nitrogens with two attached hydrogens (primary N) is 1. The molecule has 4 nitrogen and oxygen atoms in total. The van der Waals surface area contributed by atoms with Crippen LogP contribution in [0.4, 0.5) is 0 Å². The molecule has 0 heterocycles. The molecule has 1 rings (SSSR count). The number of primary amides is 1. The first-order valence-electron chi connectivity index (χ1n) is 3.62. The molecule has 0 aromatic carbocycles. The third-order valence-corrected chi connectivity index (χ3v) is 2.04. The van der Waals surface area contributed by atoms with E-state index in [1.54, 1.807) is 0 Å². The van der Waals surface area contributed by atoms with E-state index >= 15 is 0 Å². The predicted molar refractivity (Wildman–Crippen MR) is 38.7 cm³/mol. The predicted octanol–water partition coefficient (Wildman–Crippen LogP) is -0.741. The maximum absolute atomic E-state index is 10.8. The summed E-state index contributed by atoms with van der Waals surface area (Å²) >= 11 is 0. The Morgan fingerprint density at radius 1 is 1.82 bits per heavy atom. The molecule has 1 atom stereocenters. The van der Waals surface area contributed by atoms with Gasteiger partial charge in [-0.25, -0.2) is 0 Å². The zero-order valence-corrected chi connectivity index (χ0v) is 6.54. The SMILES string of the molecule is COCC(O)(C(N)=O)C1CC1. The first-order chi connectivity index (χ1) is 5.11. The Morgan fingerprint density at radius 3 is 2.64 bits per heavy atom. The van der Waals surface area contributed by atoms with E-state index in [0.717, 1.165) is 12.8 Å². The van der Waals surface area contributed by atoms with E-state index in [-0.39, 0.29) is 12.5 Å². The molecular formula is C7H13NO3. The van der Waals surface area contributed by atoms with Crippen LogP contribution in [0.2, 0.25) is 0 Å². The average molecular weight is 159 g/mol. The fourth-order valence-electron chi connectivity index (χ4n) is 1.17. The van der Waals surface area contributed by atoms with Gasteiger partial charge in [-0.05, 0) is 18.8 Å². The van der Waals surface area contributed by atoms with E-state index in [2.05, 4.69) is 0 Å². The lowest BCUT2D eigenvalue weighted by molar-refractivity contribution is -0.144. The highest BCUT2D eigenvalue weighted by atomic mass is 16.5. The van der Waals surface area contributed by atoms with Gasteiger partial charge in [-0.3, -0.25) is 4.79 Å². The van der Waals surface area contributed by atoms with Gasteiger partial charge in [-0.2, -0.15) is 0 Å². The topological polar surface area (TPSA) is 72.6 Å². The summed E-state index contributed by atoms with van der Waals surface area (Å²) in [5, 5.41) is 9.63. The van der Waals surface area contributed by atoms with Gasteiger partial charge in [0, 0.05) is 7.11 Å². The average Bonchev–Trinajstić information content (AvgIpc) is 2.68. The van der Waals surface area contributed by atoms with Crippen LogP contribution in [-0.4, -0.2) is 30.3 Å². The van der Waals surface area contributed by atoms with Crippen molar-refractivity contribution < 1.29 is 14.6 Å². The molecule has 1 aliphatic carbocycles. The highest BCUT2D eigenvalue weighted by Crippen LogP contribution is 2.39. The summed E-state index contributed by atoms with van der Waals surface area (Å²) in [6.45, 7) is 0.00694. The lowest BCUT2D eigenvalue weighted by atomic mass is 9.98. The molecule has 0 spiro atoms. The largest absolute Gasteiger partial charge is 0.381 e. The minimum atomic E-state index is -1.42. The Hall–Kier alpha value is -0.610. The first kappa shape index (κ1) is 8.49. The lowest BCUT2D eigenvalue weighted by Crippen LogP contribution is -2.49. The smallest absolute Gasteiger partial charge is 0.252 e. The van der Waals surface area contributed by atoms with Gasteiger partial charge in [0.2, 0.25) is 0 Å². The van der Waals surface area contributed by atoms with Gasteiger partial charge in [0.1, 0.15) is 0 Å². The van der Waals surface area contributed by atoms with Crippen LogP contribution in [0.15, 0.2) is 0 Å². The molecule has 0 aliphatic heterocycles. The number of carbonyl (C=O) groups excluding carboxylic acids is 1. The monoisotopic (exact) mass is 159 g/mol. The van der Waals surface area contributed by atoms with E-state index in [1.165, 1.54) is 7.11 Å². The van der Waals surface area contributed by atoms with Crippen molar-refractivity contribution in [3.63, 3.8) is 0 Å². The van der Waals surface area contributed by atoms with Crippen LogP contribution in [0.25, 0.3) is 0 Å². The molecule has 0 bridgehead atoms. The van der Waals surface area contributed by atoms with Gasteiger partial charge in [0.05, 0.1) is 6.61 Å². The zero-order chi connectivity index (χ0) is 8.48. The van der Waals surface area contributed by atoms with Crippen LogP contribution in [0.1, 0.15) is 12.8 Å². The van der Waals surface area contributed by atoms with Crippen LogP contribution in [-0.2, 0) is 9.53 Å². The molecular weight excluding hydrogens is 146 g/mol. The normalized spacial score (nSPS) is 22.7. The summed E-state index contributed by atoms with van der Waals surface area (Å²) < 4.78 is 4.72. The number of hydrogen-bond donors (Lipinski definition) is 2. The van der Waals surface area contributed by atoms with Gasteiger partial charge in [-0.1, -0.05) is 0 Å². The van der Waals surface area contributed by atoms with Crippen molar-refractivity contribution in [3.05, 3.63) is 0 Å². The molecule has 0 aromatic rings. The van der Waals surface area contributed by atoms with Crippen molar-refractivity contribution in [1.29, 1.82) is 0 Å². The number of methoxy groups -OCH3 is 1. The standard InChI is InChI=1S/C7H13NO3/c1-11-4-7(10,6(8)9)5-2-3-5/h5,10H,2-4H2,1H3,(H2,8,9). The lowest BCUT2D eigenvalue weighted by Gasteiger charge is -2.22. The van der Waals surface area contributed by atoms with E-state index in [1.807, 2.05) is 0 Å². The summed E-state index contributed by atoms with van der Waals surface area (Å²) in [5.74, 6) is -0.665. The quantitative estimate of drug-likeness (QED) is 0.567. The van der Waals surface area contributed by atoms with E-state index in [4.69, 9.17) is 10.5 Å². The van der Waals surface area contributed by atoms with Crippen molar-refractivity contribution in [3.8, 4) is 0 Å². The molecule has 3 N–H and O–H groups in total. The van der Waals surface area contributed by atoms with E-state index < -0.39 is 11.5 Å². The zero-order valence-electron chi connectivity index (χ0n) is 6.54. The molecule has 1 fully saturated rings. The Balaban J connectivity index is 2.61. The fraction of sp³-hybridized carbons (Fsp3) is 0.857. The van der Waals surface area contributed by atoms with Crippen LogP contribution in [0.3, 0.4) is 0 Å². The van der Waals surface area contributed by atoms with Gasteiger partial charge in [0.25, 0.3) is 5.91 Å². The first-order valence-corrected chi connectivity index (χ1v) is 3.62. The number of aliphatic hydroxyl groups is 1. The number of ether oxygens (including phenoxy) is 1. The third kappa shape index (κ3) is 1.52. The van der Waals surface area contributed by atoms with Crippen LogP contribution < -0.4 is 5.73 Å². The summed E-state index contributed by atoms with van der Waals surface area (Å²) in [6, 6.07) is 0. The summed E-state index contributed by atoms with van der Waals surface area (Å²) in [7, 11) is 1.44. The molecule has 1 aliphatic rings. The highest BCUT2D eigenvalue weighted by molar-refractivity contribution is 5.84. The maximum atomic E-state index is 10.8. The second-order valence-corrected chi connectivity index (χ2v) is 3.00. The van der Waals surface area contributed by atoms with Gasteiger partial charge in [-0.15, -0.1) is 0 Å². The molecule has 11 heavy (non-hydrogen) atoms. The van der Waals surface area contributed by atoms with Crippen LogP contribution in [0, 0.1) is 5.92 Å². The van der Waals surface area contributed by atoms with Gasteiger partial charge >= 0.3 is 0 Å². The summed E-state index contributed by atoms with van der Waals surface area (Å²) in [6.07, 6.45) is 1.73. The van der Waals surface area contributed by atoms with Crippen molar-refractivity contribution in [2.45, 2.75) is 18.4 Å². The Morgan fingerprint density at radius 2 is 2.36 bits per heavy atom. The second kappa shape index (κ2) is 2.79. The Bertz CT molecular complexity index is 167. The Labute approximate surface area is 65.3 Å². The molecule has 1 amide bonds. The van der Waals surface area contributed by atoms with Gasteiger partial charge in [0.15, 0.2) is 5.60 Å². The number of rotatable bonds is 4.